The minimum Gasteiger partial charge on any atom is -0.399 e. The number of para-hydroxylation sites is 1. The van der Waals surface area contributed by atoms with E-state index >= 15 is 0 Å². The summed E-state index contributed by atoms with van der Waals surface area (Å²) in [4.78, 5) is 0.0909. The van der Waals surface area contributed by atoms with E-state index in [-0.39, 0.29) is 10.6 Å². The molecule has 2 aromatic carbocycles. The fraction of sp³-hybridized carbons (Fsp3) is 0.143. The van der Waals surface area contributed by atoms with E-state index in [0.717, 1.165) is 9.99 Å². The summed E-state index contributed by atoms with van der Waals surface area (Å²) in [6.45, 7) is 0. The Labute approximate surface area is 137 Å². The topological polar surface area (TPSA) is 110 Å². The van der Waals surface area contributed by atoms with Crippen molar-refractivity contribution in [3.8, 4) is 0 Å². The van der Waals surface area contributed by atoms with Crippen molar-refractivity contribution in [1.82, 2.24) is 4.31 Å². The van der Waals surface area contributed by atoms with Crippen LogP contribution < -0.4 is 5.73 Å². The monoisotopic (exact) mass is 355 g/mol. The highest BCUT2D eigenvalue weighted by Crippen LogP contribution is 2.18. The maximum atomic E-state index is 11.6. The van der Waals surface area contributed by atoms with Crippen LogP contribution in [0.2, 0.25) is 0 Å². The van der Waals surface area contributed by atoms with Crippen LogP contribution in [0.15, 0.2) is 63.9 Å². The van der Waals surface area contributed by atoms with Crippen molar-refractivity contribution in [2.45, 2.75) is 4.90 Å². The molecule has 23 heavy (non-hydrogen) atoms. The molecular formula is C14H17N3O4S2. The summed E-state index contributed by atoms with van der Waals surface area (Å²) in [5.41, 5.74) is 6.37. The predicted molar refractivity (Wildman–Crippen MR) is 89.2 cm³/mol. The van der Waals surface area contributed by atoms with Gasteiger partial charge < -0.3 is 5.73 Å². The molecule has 9 heteroatoms. The Morgan fingerprint density at radius 1 is 0.957 bits per heavy atom. The first-order valence-electron chi connectivity index (χ1n) is 6.37. The third-order valence-corrected chi connectivity index (χ3v) is 4.78. The lowest BCUT2D eigenvalue weighted by molar-refractivity contribution is 0.521. The molecule has 0 fully saturated rings. The molecule has 0 amide bonds. The van der Waals surface area contributed by atoms with Crippen molar-refractivity contribution in [2.75, 3.05) is 19.8 Å². The van der Waals surface area contributed by atoms with Crippen molar-refractivity contribution in [1.29, 1.82) is 0 Å². The first-order chi connectivity index (χ1) is 10.7. The number of benzene rings is 2. The normalized spacial score (nSPS) is 10.6. The van der Waals surface area contributed by atoms with Crippen LogP contribution in [0.5, 0.6) is 0 Å². The van der Waals surface area contributed by atoms with Crippen molar-refractivity contribution >= 4 is 31.9 Å². The summed E-state index contributed by atoms with van der Waals surface area (Å²) in [6, 6.07) is 14.8. The van der Waals surface area contributed by atoms with Crippen molar-refractivity contribution < 1.29 is 16.8 Å². The molecule has 124 valence electrons. The third-order valence-electron chi connectivity index (χ3n) is 2.59. The van der Waals surface area contributed by atoms with Gasteiger partial charge in [0.15, 0.2) is 0 Å². The lowest BCUT2D eigenvalue weighted by atomic mass is 10.3. The quantitative estimate of drug-likeness (QED) is 0.846. The maximum Gasteiger partial charge on any atom is 0.316 e. The van der Waals surface area contributed by atoms with Crippen LogP contribution >= 0.6 is 0 Å². The molecule has 0 unspecified atom stereocenters. The zero-order valence-corrected chi connectivity index (χ0v) is 14.3. The molecule has 0 aliphatic heterocycles. The average molecular weight is 355 g/mol. The van der Waals surface area contributed by atoms with Crippen molar-refractivity contribution in [3.05, 3.63) is 54.6 Å². The van der Waals surface area contributed by atoms with Gasteiger partial charge >= 0.3 is 10.5 Å². The van der Waals surface area contributed by atoms with Crippen LogP contribution in [0.1, 0.15) is 0 Å². The Balaban J connectivity index is 0.000000313. The smallest absolute Gasteiger partial charge is 0.316 e. The van der Waals surface area contributed by atoms with E-state index in [9.17, 15) is 16.8 Å². The number of rotatable bonds is 3. The van der Waals surface area contributed by atoms with Gasteiger partial charge in [-0.25, -0.2) is 12.7 Å². The fourth-order valence-electron chi connectivity index (χ4n) is 1.43. The molecule has 0 aliphatic carbocycles. The number of anilines is 1. The van der Waals surface area contributed by atoms with E-state index in [1.807, 2.05) is 30.3 Å². The second kappa shape index (κ2) is 8.42. The van der Waals surface area contributed by atoms with E-state index in [4.69, 9.17) is 5.73 Å². The van der Waals surface area contributed by atoms with E-state index in [1.165, 1.54) is 38.4 Å². The molecule has 0 spiro atoms. The van der Waals surface area contributed by atoms with Gasteiger partial charge in [0.25, 0.3) is 0 Å². The minimum absolute atomic E-state index is 0.0909. The van der Waals surface area contributed by atoms with Crippen LogP contribution in [-0.4, -0.2) is 35.2 Å². The highest BCUT2D eigenvalue weighted by molar-refractivity contribution is 7.89. The van der Waals surface area contributed by atoms with Gasteiger partial charge in [0.1, 0.15) is 0 Å². The number of sulfonamides is 1. The van der Waals surface area contributed by atoms with Gasteiger partial charge in [0.2, 0.25) is 10.0 Å². The second-order valence-corrected chi connectivity index (χ2v) is 7.27. The van der Waals surface area contributed by atoms with E-state index in [0.29, 0.717) is 0 Å². The lowest BCUT2D eigenvalue weighted by Gasteiger charge is -2.10. The number of nitrogens with two attached hydrogens (primary N) is 1. The zero-order valence-electron chi connectivity index (χ0n) is 12.6. The summed E-state index contributed by atoms with van der Waals surface area (Å²) in [5, 5.41) is 0. The number of hydrogen-bond acceptors (Lipinski definition) is 6. The third kappa shape index (κ3) is 6.19. The lowest BCUT2D eigenvalue weighted by Crippen LogP contribution is -2.21. The van der Waals surface area contributed by atoms with E-state index in [1.54, 1.807) is 0 Å². The molecule has 7 nitrogen and oxygen atoms in total. The minimum atomic E-state index is -3.48. The van der Waals surface area contributed by atoms with Gasteiger partial charge in [-0.05, 0) is 36.4 Å². The van der Waals surface area contributed by atoms with Gasteiger partial charge in [0, 0.05) is 19.8 Å². The van der Waals surface area contributed by atoms with Gasteiger partial charge in [-0.3, -0.25) is 0 Å². The molecule has 0 saturated carbocycles. The summed E-state index contributed by atoms with van der Waals surface area (Å²) >= 11 is 0. The van der Waals surface area contributed by atoms with Gasteiger partial charge in [-0.1, -0.05) is 18.2 Å². The van der Waals surface area contributed by atoms with E-state index in [2.05, 4.69) is 4.36 Å². The van der Waals surface area contributed by atoms with Crippen LogP contribution in [0.4, 0.5) is 11.4 Å². The fourth-order valence-corrected chi connectivity index (χ4v) is 2.62. The molecule has 2 aromatic rings. The SMILES string of the molecule is CN(C)S(=O)(=O)c1ccc(N=S(=O)=O)cc1.Nc1ccccc1. The predicted octanol–water partition coefficient (Wildman–Crippen LogP) is 1.90. The highest BCUT2D eigenvalue weighted by Gasteiger charge is 2.16. The van der Waals surface area contributed by atoms with Gasteiger partial charge in [-0.2, -0.15) is 8.42 Å². The van der Waals surface area contributed by atoms with Crippen molar-refractivity contribution in [2.24, 2.45) is 4.36 Å². The van der Waals surface area contributed by atoms with Crippen LogP contribution in [0, 0.1) is 0 Å². The number of hydrogen-bond donors (Lipinski definition) is 1. The molecule has 0 atom stereocenters. The molecule has 0 radical (unpaired) electrons. The molecular weight excluding hydrogens is 338 g/mol. The largest absolute Gasteiger partial charge is 0.399 e. The Hall–Kier alpha value is -2.23. The summed E-state index contributed by atoms with van der Waals surface area (Å²) in [6.07, 6.45) is 0. The first kappa shape index (κ1) is 18.8. The molecule has 0 bridgehead atoms. The average Bonchev–Trinajstić information content (AvgIpc) is 2.48. The second-order valence-electron chi connectivity index (χ2n) is 4.50. The number of nitrogen functional groups attached to an aromatic ring is 1. The van der Waals surface area contributed by atoms with Crippen LogP contribution in [-0.2, 0) is 20.5 Å². The molecule has 2 N–H and O–H groups in total. The van der Waals surface area contributed by atoms with E-state index < -0.39 is 20.5 Å². The van der Waals surface area contributed by atoms with Crippen molar-refractivity contribution in [3.63, 3.8) is 0 Å². The highest BCUT2D eigenvalue weighted by atomic mass is 32.2. The number of nitrogens with zero attached hydrogens (tertiary/aromatic N) is 2. The summed E-state index contributed by atoms with van der Waals surface area (Å²) in [5.74, 6) is 0. The Morgan fingerprint density at radius 2 is 1.48 bits per heavy atom. The maximum absolute atomic E-state index is 11.6. The Kier molecular flexibility index (Phi) is 6.89. The summed E-state index contributed by atoms with van der Waals surface area (Å²) in [7, 11) is -3.19. The van der Waals surface area contributed by atoms with Gasteiger partial charge in [-0.15, -0.1) is 4.36 Å². The summed E-state index contributed by atoms with van der Waals surface area (Å²) < 4.78 is 48.1. The standard InChI is InChI=1S/C8H10N2O4S2.C6H7N/c1-10(2)16(13,14)8-5-3-7(4-6-8)9-15(11)12;7-6-4-2-1-3-5-6/h3-6H,1-2H3;1-5H,7H2. The zero-order chi connectivity index (χ0) is 17.5. The van der Waals surface area contributed by atoms with Crippen LogP contribution in [0.25, 0.3) is 0 Å². The molecule has 0 aromatic heterocycles. The van der Waals surface area contributed by atoms with Crippen LogP contribution in [0.3, 0.4) is 0 Å². The molecule has 2 rings (SSSR count). The Bertz CT molecular complexity index is 852. The first-order valence-corrected chi connectivity index (χ1v) is 8.85. The molecule has 0 aliphatic rings. The molecule has 0 saturated heterocycles. The molecule has 0 heterocycles. The van der Waals surface area contributed by atoms with Gasteiger partial charge in [0.05, 0.1) is 10.6 Å². The Morgan fingerprint density at radius 3 is 1.83 bits per heavy atom.